The Bertz CT molecular complexity index is 1580. The lowest BCUT2D eigenvalue weighted by Gasteiger charge is -2.17. The number of carboxylic acids is 2. The molecule has 0 aliphatic rings. The van der Waals surface area contributed by atoms with Crippen LogP contribution in [-0.2, 0) is 35.8 Å². The summed E-state index contributed by atoms with van der Waals surface area (Å²) < 4.78 is 14.1. The Balaban J connectivity index is 1.42. The fraction of sp³-hybridized carbons (Fsp3) is 0.297. The van der Waals surface area contributed by atoms with Gasteiger partial charge >= 0.3 is 11.9 Å². The molecule has 0 heterocycles. The lowest BCUT2D eigenvalue weighted by molar-refractivity contribution is -0.141. The third-order valence-electron chi connectivity index (χ3n) is 8.21. The molecule has 4 aromatic rings. The highest BCUT2D eigenvalue weighted by molar-refractivity contribution is 9.10. The average molecular weight is 754 g/mol. The third kappa shape index (κ3) is 9.21. The van der Waals surface area contributed by atoms with Gasteiger partial charge in [0.1, 0.15) is 30.8 Å². The molecule has 0 unspecified atom stereocenters. The van der Waals surface area contributed by atoms with E-state index in [0.717, 1.165) is 59.2 Å². The van der Waals surface area contributed by atoms with Crippen LogP contribution in [0.2, 0.25) is 0 Å². The number of hydrogen-bond donors (Lipinski definition) is 3. The number of aliphatic carboxylic acids is 2. The number of halogens is 2. The molecule has 0 radical (unpaired) electrons. The van der Waals surface area contributed by atoms with Gasteiger partial charge in [-0.05, 0) is 134 Å². The van der Waals surface area contributed by atoms with Gasteiger partial charge in [-0.3, -0.25) is 9.59 Å². The molecular formula is C37H39Br2NO6. The van der Waals surface area contributed by atoms with Crippen molar-refractivity contribution in [3.63, 3.8) is 0 Å². The zero-order valence-electron chi connectivity index (χ0n) is 26.4. The van der Waals surface area contributed by atoms with Crippen LogP contribution in [0.25, 0.3) is 11.1 Å². The molecule has 0 aromatic heterocycles. The van der Waals surface area contributed by atoms with Crippen LogP contribution in [0.5, 0.6) is 11.5 Å². The topological polar surface area (TPSA) is 105 Å². The second-order valence-electron chi connectivity index (χ2n) is 11.5. The number of aryl methyl sites for hydroxylation is 1. The summed E-state index contributed by atoms with van der Waals surface area (Å²) in [4.78, 5) is 22.2. The average Bonchev–Trinajstić information content (AvgIpc) is 3.02. The van der Waals surface area contributed by atoms with Crippen LogP contribution in [0.3, 0.4) is 0 Å². The maximum atomic E-state index is 11.1. The van der Waals surface area contributed by atoms with Gasteiger partial charge in [-0.2, -0.15) is 0 Å². The minimum absolute atomic E-state index is 0.382. The first-order chi connectivity index (χ1) is 21.9. The van der Waals surface area contributed by atoms with Gasteiger partial charge in [0.2, 0.25) is 0 Å². The van der Waals surface area contributed by atoms with Crippen LogP contribution in [0.15, 0.2) is 81.7 Å². The van der Waals surface area contributed by atoms with Crippen LogP contribution < -0.4 is 14.8 Å². The van der Waals surface area contributed by atoms with Crippen molar-refractivity contribution >= 4 is 43.8 Å². The fourth-order valence-electron chi connectivity index (χ4n) is 5.03. The summed E-state index contributed by atoms with van der Waals surface area (Å²) in [7, 11) is 0. The molecule has 9 heteroatoms. The van der Waals surface area contributed by atoms with Crippen molar-refractivity contribution in [1.29, 1.82) is 0 Å². The van der Waals surface area contributed by atoms with Gasteiger partial charge in [0, 0.05) is 6.54 Å². The summed E-state index contributed by atoms with van der Waals surface area (Å²) in [6.07, 6.45) is 1.27. The zero-order chi connectivity index (χ0) is 33.4. The fourth-order valence-corrected chi connectivity index (χ4v) is 6.11. The van der Waals surface area contributed by atoms with Gasteiger partial charge in [0.25, 0.3) is 0 Å². The summed E-state index contributed by atoms with van der Waals surface area (Å²) in [5.74, 6) is -0.593. The van der Waals surface area contributed by atoms with Crippen LogP contribution in [0.1, 0.15) is 53.6 Å². The van der Waals surface area contributed by atoms with Crippen molar-refractivity contribution in [3.05, 3.63) is 115 Å². The minimum Gasteiger partial charge on any atom is -0.488 e. The molecule has 0 amide bonds. The second kappa shape index (κ2) is 16.3. The van der Waals surface area contributed by atoms with E-state index in [-0.39, 0.29) is 5.92 Å². The highest BCUT2D eigenvalue weighted by Crippen LogP contribution is 2.33. The van der Waals surface area contributed by atoms with Crippen molar-refractivity contribution in [2.45, 2.75) is 66.3 Å². The number of carboxylic acid groups (broad SMARTS) is 2. The zero-order valence-corrected chi connectivity index (χ0v) is 29.6. The quantitative estimate of drug-likeness (QED) is 0.111. The normalized spacial score (nSPS) is 12.4. The van der Waals surface area contributed by atoms with Gasteiger partial charge in [0.15, 0.2) is 0 Å². The Morgan fingerprint density at radius 1 is 0.739 bits per heavy atom. The standard InChI is InChI=1S/C37H39Br2NO6/c1-22(36(41)42)11-12-26-13-15-34(32(38)17-26)45-20-28-7-5-9-30(23(28)2)31-10-6-8-29(24(31)3)21-46-35-16-14-27(18-33(35)39)19-40-25(4)37(43)44/h5-10,13-18,22,25,40H,11-12,19-21H2,1-4H3,(H,41,42)(H,43,44)/t22-,25+/m0/s1. The second-order valence-corrected chi connectivity index (χ2v) is 13.2. The molecule has 0 saturated carbocycles. The summed E-state index contributed by atoms with van der Waals surface area (Å²) >= 11 is 7.22. The number of nitrogens with one attached hydrogen (secondary N) is 1. The number of carbonyl (C=O) groups is 2. The van der Waals surface area contributed by atoms with E-state index < -0.39 is 18.0 Å². The number of ether oxygens (including phenoxy) is 2. The van der Waals surface area contributed by atoms with Crippen molar-refractivity contribution in [2.24, 2.45) is 5.92 Å². The van der Waals surface area contributed by atoms with Gasteiger partial charge in [-0.1, -0.05) is 55.5 Å². The maximum Gasteiger partial charge on any atom is 0.320 e. The van der Waals surface area contributed by atoms with Crippen molar-refractivity contribution in [3.8, 4) is 22.6 Å². The Labute approximate surface area is 287 Å². The van der Waals surface area contributed by atoms with Gasteiger partial charge in [-0.25, -0.2) is 0 Å². The molecule has 3 N–H and O–H groups in total. The molecule has 0 aliphatic carbocycles. The molecule has 7 nitrogen and oxygen atoms in total. The first-order valence-corrected chi connectivity index (χ1v) is 16.7. The summed E-state index contributed by atoms with van der Waals surface area (Å²) in [5.41, 5.74) is 8.73. The van der Waals surface area contributed by atoms with E-state index in [9.17, 15) is 9.59 Å². The van der Waals surface area contributed by atoms with Crippen molar-refractivity contribution in [1.82, 2.24) is 5.32 Å². The van der Waals surface area contributed by atoms with Crippen LogP contribution >= 0.6 is 31.9 Å². The highest BCUT2D eigenvalue weighted by atomic mass is 79.9. The van der Waals surface area contributed by atoms with Gasteiger partial charge in [0.05, 0.1) is 14.9 Å². The van der Waals surface area contributed by atoms with Crippen molar-refractivity contribution in [2.75, 3.05) is 0 Å². The van der Waals surface area contributed by atoms with Crippen LogP contribution in [0, 0.1) is 19.8 Å². The smallest absolute Gasteiger partial charge is 0.320 e. The molecule has 0 spiro atoms. The van der Waals surface area contributed by atoms with Gasteiger partial charge < -0.3 is 25.0 Å². The summed E-state index contributed by atoms with van der Waals surface area (Å²) in [6.45, 7) is 8.81. The van der Waals surface area contributed by atoms with E-state index in [1.807, 2.05) is 42.5 Å². The SMILES string of the molecule is Cc1c(COc2ccc(CC[C@H](C)C(=O)O)cc2Br)cccc1-c1cccc(COc2ccc(CN[C@H](C)C(=O)O)cc2Br)c1C. The van der Waals surface area contributed by atoms with Crippen LogP contribution in [-0.4, -0.2) is 28.2 Å². The van der Waals surface area contributed by atoms with Crippen molar-refractivity contribution < 1.29 is 29.3 Å². The predicted molar refractivity (Wildman–Crippen MR) is 187 cm³/mol. The first kappa shape index (κ1) is 35.2. The summed E-state index contributed by atoms with van der Waals surface area (Å²) in [5, 5.41) is 21.2. The lowest BCUT2D eigenvalue weighted by Crippen LogP contribution is -2.33. The Hall–Kier alpha value is -3.66. The van der Waals surface area contributed by atoms with E-state index in [0.29, 0.717) is 38.3 Å². The Morgan fingerprint density at radius 2 is 1.24 bits per heavy atom. The van der Waals surface area contributed by atoms with Crippen LogP contribution in [0.4, 0.5) is 0 Å². The monoisotopic (exact) mass is 751 g/mol. The molecule has 4 rings (SSSR count). The molecule has 4 aromatic carbocycles. The number of rotatable bonds is 15. The Kier molecular flexibility index (Phi) is 12.4. The van der Waals surface area contributed by atoms with Gasteiger partial charge in [-0.15, -0.1) is 0 Å². The largest absolute Gasteiger partial charge is 0.488 e. The number of benzene rings is 4. The first-order valence-electron chi connectivity index (χ1n) is 15.1. The Morgan fingerprint density at radius 3 is 1.72 bits per heavy atom. The van der Waals surface area contributed by atoms with E-state index in [4.69, 9.17) is 19.7 Å². The van der Waals surface area contributed by atoms with E-state index in [1.54, 1.807) is 13.8 Å². The maximum absolute atomic E-state index is 11.1. The molecule has 0 saturated heterocycles. The molecular weight excluding hydrogens is 714 g/mol. The number of hydrogen-bond acceptors (Lipinski definition) is 5. The highest BCUT2D eigenvalue weighted by Gasteiger charge is 2.15. The van der Waals surface area contributed by atoms with E-state index in [2.05, 4.69) is 81.4 Å². The van der Waals surface area contributed by atoms with E-state index in [1.165, 1.54) is 0 Å². The third-order valence-corrected chi connectivity index (χ3v) is 9.45. The van der Waals surface area contributed by atoms with E-state index >= 15 is 0 Å². The molecule has 0 fully saturated rings. The minimum atomic E-state index is -0.885. The lowest BCUT2D eigenvalue weighted by atomic mass is 9.92. The molecule has 2 atom stereocenters. The molecule has 46 heavy (non-hydrogen) atoms. The molecule has 0 bridgehead atoms. The molecule has 0 aliphatic heterocycles. The summed E-state index contributed by atoms with van der Waals surface area (Å²) in [6, 6.07) is 23.6. The molecule has 242 valence electrons. The predicted octanol–water partition coefficient (Wildman–Crippen LogP) is 8.87.